The van der Waals surface area contributed by atoms with E-state index in [-0.39, 0.29) is 0 Å². The Hall–Kier alpha value is 0. The molecule has 2 aliphatic rings. The van der Waals surface area contributed by atoms with Gasteiger partial charge in [0, 0.05) is 0 Å². The lowest BCUT2D eigenvalue weighted by Crippen LogP contribution is -2.37. The monoisotopic (exact) mass is 152 g/mol. The van der Waals surface area contributed by atoms with E-state index >= 15 is 0 Å². The molecule has 11 heavy (non-hydrogen) atoms. The molecule has 1 unspecified atom stereocenters. The average Bonchev–Trinajstić information content (AvgIpc) is 2.48. The molecule has 0 amide bonds. The summed E-state index contributed by atoms with van der Waals surface area (Å²) in [4.78, 5) is 0. The van der Waals surface area contributed by atoms with Crippen molar-refractivity contribution in [3.8, 4) is 0 Å². The molecule has 2 rings (SSSR count). The summed E-state index contributed by atoms with van der Waals surface area (Å²) >= 11 is 0. The SMILES string of the molecule is CCCC1CCC12CCCC2. The fourth-order valence-corrected chi connectivity index (χ4v) is 3.29. The van der Waals surface area contributed by atoms with Crippen molar-refractivity contribution in [1.29, 1.82) is 0 Å². The smallest absolute Gasteiger partial charge is 0.0269 e. The molecule has 0 aromatic rings. The maximum absolute atomic E-state index is 2.33. The van der Waals surface area contributed by atoms with E-state index in [0.29, 0.717) is 0 Å². The summed E-state index contributed by atoms with van der Waals surface area (Å²) in [6.07, 6.45) is 12.2. The highest BCUT2D eigenvalue weighted by molar-refractivity contribution is 4.97. The molecular weight excluding hydrogens is 132 g/mol. The van der Waals surface area contributed by atoms with Gasteiger partial charge in [0.1, 0.15) is 0 Å². The van der Waals surface area contributed by atoms with Crippen LogP contribution in [0, 0.1) is 11.3 Å². The van der Waals surface area contributed by atoms with Gasteiger partial charge in [0.05, 0.1) is 0 Å². The summed E-state index contributed by atoms with van der Waals surface area (Å²) in [7, 11) is 0. The second-order valence-corrected chi connectivity index (χ2v) is 4.59. The molecule has 2 saturated carbocycles. The van der Waals surface area contributed by atoms with Crippen LogP contribution in [0.5, 0.6) is 0 Å². The van der Waals surface area contributed by atoms with Crippen LogP contribution in [0.4, 0.5) is 0 Å². The lowest BCUT2D eigenvalue weighted by Gasteiger charge is -2.47. The summed E-state index contributed by atoms with van der Waals surface area (Å²) in [5.74, 6) is 1.13. The topological polar surface area (TPSA) is 0 Å². The first kappa shape index (κ1) is 7.64. The van der Waals surface area contributed by atoms with E-state index in [1.807, 2.05) is 0 Å². The Balaban J connectivity index is 1.92. The molecule has 2 aliphatic carbocycles. The Bertz CT molecular complexity index is 131. The molecule has 0 saturated heterocycles. The van der Waals surface area contributed by atoms with Crippen molar-refractivity contribution in [3.05, 3.63) is 0 Å². The summed E-state index contributed by atoms with van der Waals surface area (Å²) in [6, 6.07) is 0. The van der Waals surface area contributed by atoms with Crippen LogP contribution in [0.3, 0.4) is 0 Å². The molecule has 0 aromatic carbocycles. The van der Waals surface area contributed by atoms with Gasteiger partial charge in [-0.05, 0) is 37.0 Å². The van der Waals surface area contributed by atoms with E-state index in [1.165, 1.54) is 25.7 Å². The third-order valence-corrected chi connectivity index (χ3v) is 4.09. The van der Waals surface area contributed by atoms with E-state index in [2.05, 4.69) is 6.92 Å². The van der Waals surface area contributed by atoms with Crippen molar-refractivity contribution < 1.29 is 0 Å². The van der Waals surface area contributed by atoms with Crippen molar-refractivity contribution in [2.45, 2.75) is 58.3 Å². The highest BCUT2D eigenvalue weighted by Gasteiger charge is 2.46. The van der Waals surface area contributed by atoms with Gasteiger partial charge in [-0.1, -0.05) is 32.6 Å². The quantitative estimate of drug-likeness (QED) is 0.565. The van der Waals surface area contributed by atoms with Crippen LogP contribution < -0.4 is 0 Å². The molecule has 0 N–H and O–H groups in total. The Morgan fingerprint density at radius 2 is 1.91 bits per heavy atom. The second-order valence-electron chi connectivity index (χ2n) is 4.59. The van der Waals surface area contributed by atoms with Crippen LogP contribution >= 0.6 is 0 Å². The zero-order valence-corrected chi connectivity index (χ0v) is 7.73. The van der Waals surface area contributed by atoms with Crippen LogP contribution in [0.25, 0.3) is 0 Å². The van der Waals surface area contributed by atoms with E-state index in [9.17, 15) is 0 Å². The second kappa shape index (κ2) is 2.80. The molecule has 0 bridgehead atoms. The average molecular weight is 152 g/mol. The van der Waals surface area contributed by atoms with Gasteiger partial charge in [-0.15, -0.1) is 0 Å². The summed E-state index contributed by atoms with van der Waals surface area (Å²) in [5.41, 5.74) is 0.885. The highest BCUT2D eigenvalue weighted by atomic mass is 14.5. The van der Waals surface area contributed by atoms with Gasteiger partial charge in [-0.2, -0.15) is 0 Å². The molecule has 0 heterocycles. The number of rotatable bonds is 2. The maximum atomic E-state index is 2.33. The lowest BCUT2D eigenvalue weighted by molar-refractivity contribution is 0.0301. The van der Waals surface area contributed by atoms with Gasteiger partial charge in [-0.3, -0.25) is 0 Å². The van der Waals surface area contributed by atoms with E-state index in [1.54, 1.807) is 25.7 Å². The number of hydrogen-bond acceptors (Lipinski definition) is 0. The first-order chi connectivity index (χ1) is 5.37. The fraction of sp³-hybridized carbons (Fsp3) is 1.00. The molecule has 1 atom stereocenters. The Kier molecular flexibility index (Phi) is 1.95. The van der Waals surface area contributed by atoms with Gasteiger partial charge < -0.3 is 0 Å². The Morgan fingerprint density at radius 3 is 2.36 bits per heavy atom. The molecule has 2 fully saturated rings. The zero-order chi connectivity index (χ0) is 7.73. The fourth-order valence-electron chi connectivity index (χ4n) is 3.29. The molecular formula is C11H20. The van der Waals surface area contributed by atoms with E-state index in [4.69, 9.17) is 0 Å². The molecule has 1 spiro atoms. The minimum atomic E-state index is 0.885. The van der Waals surface area contributed by atoms with Crippen LogP contribution in [0.15, 0.2) is 0 Å². The van der Waals surface area contributed by atoms with Crippen molar-refractivity contribution in [3.63, 3.8) is 0 Å². The molecule has 0 nitrogen and oxygen atoms in total. The van der Waals surface area contributed by atoms with Gasteiger partial charge in [0.25, 0.3) is 0 Å². The minimum Gasteiger partial charge on any atom is -0.0654 e. The van der Waals surface area contributed by atoms with Crippen LogP contribution in [0.2, 0.25) is 0 Å². The molecule has 0 aromatic heterocycles. The van der Waals surface area contributed by atoms with E-state index in [0.717, 1.165) is 11.3 Å². The largest absolute Gasteiger partial charge is 0.0654 e. The third-order valence-electron chi connectivity index (χ3n) is 4.09. The maximum Gasteiger partial charge on any atom is -0.0269 e. The Labute approximate surface area is 70.4 Å². The van der Waals surface area contributed by atoms with E-state index < -0.39 is 0 Å². The first-order valence-corrected chi connectivity index (χ1v) is 5.37. The van der Waals surface area contributed by atoms with Gasteiger partial charge in [0.2, 0.25) is 0 Å². The highest BCUT2D eigenvalue weighted by Crippen LogP contribution is 2.58. The summed E-state index contributed by atoms with van der Waals surface area (Å²) in [6.45, 7) is 2.33. The summed E-state index contributed by atoms with van der Waals surface area (Å²) < 4.78 is 0. The predicted molar refractivity (Wildman–Crippen MR) is 48.5 cm³/mol. The van der Waals surface area contributed by atoms with Crippen LogP contribution in [0.1, 0.15) is 58.3 Å². The summed E-state index contributed by atoms with van der Waals surface area (Å²) in [5, 5.41) is 0. The predicted octanol–water partition coefficient (Wildman–Crippen LogP) is 3.76. The normalized spacial score (nSPS) is 34.1. The van der Waals surface area contributed by atoms with Crippen molar-refractivity contribution in [2.75, 3.05) is 0 Å². The van der Waals surface area contributed by atoms with Crippen molar-refractivity contribution >= 4 is 0 Å². The number of hydrogen-bond donors (Lipinski definition) is 0. The molecule has 0 heteroatoms. The van der Waals surface area contributed by atoms with Gasteiger partial charge in [-0.25, -0.2) is 0 Å². The van der Waals surface area contributed by atoms with Gasteiger partial charge in [0.15, 0.2) is 0 Å². The standard InChI is InChI=1S/C11H20/c1-2-5-10-6-9-11(10)7-3-4-8-11/h10H,2-9H2,1H3. The Morgan fingerprint density at radius 1 is 1.18 bits per heavy atom. The molecule has 0 radical (unpaired) electrons. The zero-order valence-electron chi connectivity index (χ0n) is 7.73. The third kappa shape index (κ3) is 1.11. The van der Waals surface area contributed by atoms with Crippen LogP contribution in [-0.2, 0) is 0 Å². The van der Waals surface area contributed by atoms with Crippen molar-refractivity contribution in [2.24, 2.45) is 11.3 Å². The minimum absolute atomic E-state index is 0.885. The van der Waals surface area contributed by atoms with Crippen LogP contribution in [-0.4, -0.2) is 0 Å². The van der Waals surface area contributed by atoms with Gasteiger partial charge >= 0.3 is 0 Å². The molecule has 64 valence electrons. The molecule has 0 aliphatic heterocycles. The first-order valence-electron chi connectivity index (χ1n) is 5.37. The van der Waals surface area contributed by atoms with Crippen molar-refractivity contribution in [1.82, 2.24) is 0 Å². The lowest BCUT2D eigenvalue weighted by atomic mass is 9.58.